The SMILES string of the molecule is CCCNc1cc(Nc2ccc(Br)cc2C)nc(N)n1. The van der Waals surface area contributed by atoms with Crippen LogP contribution in [0.25, 0.3) is 0 Å². The minimum absolute atomic E-state index is 0.253. The molecule has 1 aromatic heterocycles. The number of hydrogen-bond acceptors (Lipinski definition) is 5. The maximum Gasteiger partial charge on any atom is 0.223 e. The summed E-state index contributed by atoms with van der Waals surface area (Å²) in [5, 5.41) is 6.47. The minimum Gasteiger partial charge on any atom is -0.370 e. The summed E-state index contributed by atoms with van der Waals surface area (Å²) in [6.45, 7) is 4.99. The third-order valence-electron chi connectivity index (χ3n) is 2.75. The predicted octanol–water partition coefficient (Wildman–Crippen LogP) is 3.70. The highest BCUT2D eigenvalue weighted by Crippen LogP contribution is 2.24. The lowest BCUT2D eigenvalue weighted by Gasteiger charge is -2.11. The molecule has 6 heteroatoms. The smallest absolute Gasteiger partial charge is 0.223 e. The second kappa shape index (κ2) is 6.56. The van der Waals surface area contributed by atoms with Crippen molar-refractivity contribution in [2.24, 2.45) is 0 Å². The summed E-state index contributed by atoms with van der Waals surface area (Å²) in [6.07, 6.45) is 1.03. The quantitative estimate of drug-likeness (QED) is 0.776. The Morgan fingerprint density at radius 1 is 1.20 bits per heavy atom. The van der Waals surface area contributed by atoms with Gasteiger partial charge < -0.3 is 16.4 Å². The zero-order valence-corrected chi connectivity index (χ0v) is 13.2. The van der Waals surface area contributed by atoms with Crippen LogP contribution in [-0.2, 0) is 0 Å². The number of halogens is 1. The van der Waals surface area contributed by atoms with E-state index in [1.54, 1.807) is 0 Å². The van der Waals surface area contributed by atoms with Crippen molar-refractivity contribution in [3.05, 3.63) is 34.3 Å². The molecule has 0 saturated heterocycles. The van der Waals surface area contributed by atoms with Crippen LogP contribution in [-0.4, -0.2) is 16.5 Å². The second-order valence-electron chi connectivity index (χ2n) is 4.51. The number of aromatic nitrogens is 2. The number of anilines is 4. The van der Waals surface area contributed by atoms with E-state index in [2.05, 4.69) is 43.5 Å². The normalized spacial score (nSPS) is 10.3. The van der Waals surface area contributed by atoms with E-state index in [-0.39, 0.29) is 5.95 Å². The first kappa shape index (κ1) is 14.6. The standard InChI is InChI=1S/C14H18BrN5/c1-3-6-17-12-8-13(20-14(16)19-12)18-11-5-4-10(15)7-9(11)2/h4-5,7-8H,3,6H2,1-2H3,(H4,16,17,18,19,20). The van der Waals surface area contributed by atoms with Gasteiger partial charge in [-0.1, -0.05) is 22.9 Å². The number of nitrogen functional groups attached to an aromatic ring is 1. The molecule has 0 radical (unpaired) electrons. The van der Waals surface area contributed by atoms with Crippen LogP contribution in [0.5, 0.6) is 0 Å². The summed E-state index contributed by atoms with van der Waals surface area (Å²) in [5.41, 5.74) is 7.86. The highest BCUT2D eigenvalue weighted by molar-refractivity contribution is 9.10. The molecule has 0 atom stereocenters. The van der Waals surface area contributed by atoms with Gasteiger partial charge in [0.15, 0.2) is 0 Å². The summed E-state index contributed by atoms with van der Waals surface area (Å²) < 4.78 is 1.05. The first-order valence-electron chi connectivity index (χ1n) is 6.50. The Labute approximate surface area is 127 Å². The highest BCUT2D eigenvalue weighted by atomic mass is 79.9. The Morgan fingerprint density at radius 2 is 1.95 bits per heavy atom. The van der Waals surface area contributed by atoms with Crippen LogP contribution in [0.15, 0.2) is 28.7 Å². The number of aryl methyl sites for hydroxylation is 1. The summed E-state index contributed by atoms with van der Waals surface area (Å²) in [5.74, 6) is 1.67. The Morgan fingerprint density at radius 3 is 2.65 bits per heavy atom. The number of hydrogen-bond donors (Lipinski definition) is 3. The molecule has 0 spiro atoms. The number of nitrogens with zero attached hydrogens (tertiary/aromatic N) is 2. The van der Waals surface area contributed by atoms with Crippen LogP contribution in [0, 0.1) is 6.92 Å². The number of nitrogens with one attached hydrogen (secondary N) is 2. The maximum atomic E-state index is 5.74. The van der Waals surface area contributed by atoms with E-state index in [1.165, 1.54) is 0 Å². The molecule has 20 heavy (non-hydrogen) atoms. The molecule has 0 aliphatic heterocycles. The van der Waals surface area contributed by atoms with Crippen molar-refractivity contribution in [2.75, 3.05) is 22.9 Å². The van der Waals surface area contributed by atoms with Crippen LogP contribution < -0.4 is 16.4 Å². The number of benzene rings is 1. The Bertz CT molecular complexity index is 600. The van der Waals surface area contributed by atoms with E-state index in [9.17, 15) is 0 Å². The van der Waals surface area contributed by atoms with E-state index in [0.29, 0.717) is 5.82 Å². The molecule has 0 amide bonds. The van der Waals surface area contributed by atoms with Crippen molar-refractivity contribution in [3.63, 3.8) is 0 Å². The van der Waals surface area contributed by atoms with Gasteiger partial charge in [0, 0.05) is 22.8 Å². The van der Waals surface area contributed by atoms with Crippen molar-refractivity contribution in [3.8, 4) is 0 Å². The summed E-state index contributed by atoms with van der Waals surface area (Å²) in [6, 6.07) is 7.88. The Balaban J connectivity index is 2.21. The van der Waals surface area contributed by atoms with Gasteiger partial charge in [-0.2, -0.15) is 9.97 Å². The third-order valence-corrected chi connectivity index (χ3v) is 3.24. The van der Waals surface area contributed by atoms with Crippen LogP contribution in [0.1, 0.15) is 18.9 Å². The molecule has 0 unspecified atom stereocenters. The van der Waals surface area contributed by atoms with E-state index in [4.69, 9.17) is 5.73 Å². The molecule has 106 valence electrons. The van der Waals surface area contributed by atoms with Gasteiger partial charge in [-0.05, 0) is 37.1 Å². The topological polar surface area (TPSA) is 75.9 Å². The van der Waals surface area contributed by atoms with Crippen LogP contribution in [0.2, 0.25) is 0 Å². The van der Waals surface area contributed by atoms with Gasteiger partial charge in [-0.15, -0.1) is 0 Å². The molecule has 0 aliphatic carbocycles. The fraction of sp³-hybridized carbons (Fsp3) is 0.286. The van der Waals surface area contributed by atoms with E-state index < -0.39 is 0 Å². The summed E-state index contributed by atoms with van der Waals surface area (Å²) in [7, 11) is 0. The largest absolute Gasteiger partial charge is 0.370 e. The molecule has 1 heterocycles. The van der Waals surface area contributed by atoms with Crippen molar-refractivity contribution < 1.29 is 0 Å². The first-order valence-corrected chi connectivity index (χ1v) is 7.29. The molecule has 0 aliphatic rings. The predicted molar refractivity (Wildman–Crippen MR) is 87.4 cm³/mol. The number of rotatable bonds is 5. The monoisotopic (exact) mass is 335 g/mol. The van der Waals surface area contributed by atoms with E-state index in [1.807, 2.05) is 31.2 Å². The minimum atomic E-state index is 0.253. The lowest BCUT2D eigenvalue weighted by molar-refractivity contribution is 0.967. The Hall–Kier alpha value is -1.82. The van der Waals surface area contributed by atoms with Crippen LogP contribution in [0.3, 0.4) is 0 Å². The molecule has 0 fully saturated rings. The van der Waals surface area contributed by atoms with Crippen LogP contribution >= 0.6 is 15.9 Å². The average molecular weight is 336 g/mol. The molecular formula is C14H18BrN5. The second-order valence-corrected chi connectivity index (χ2v) is 5.42. The zero-order valence-electron chi connectivity index (χ0n) is 11.6. The van der Waals surface area contributed by atoms with Crippen molar-refractivity contribution in [1.29, 1.82) is 0 Å². The van der Waals surface area contributed by atoms with Gasteiger partial charge in [-0.3, -0.25) is 0 Å². The molecule has 0 saturated carbocycles. The van der Waals surface area contributed by atoms with Crippen molar-refractivity contribution >= 4 is 39.2 Å². The molecule has 2 aromatic rings. The van der Waals surface area contributed by atoms with Gasteiger partial charge in [0.2, 0.25) is 5.95 Å². The zero-order chi connectivity index (χ0) is 14.5. The van der Waals surface area contributed by atoms with Crippen LogP contribution in [0.4, 0.5) is 23.3 Å². The van der Waals surface area contributed by atoms with Crippen molar-refractivity contribution in [2.45, 2.75) is 20.3 Å². The molecule has 0 bridgehead atoms. The summed E-state index contributed by atoms with van der Waals surface area (Å²) >= 11 is 3.45. The maximum absolute atomic E-state index is 5.74. The van der Waals surface area contributed by atoms with E-state index >= 15 is 0 Å². The van der Waals surface area contributed by atoms with Crippen molar-refractivity contribution in [1.82, 2.24) is 9.97 Å². The lowest BCUT2D eigenvalue weighted by Crippen LogP contribution is -2.07. The lowest BCUT2D eigenvalue weighted by atomic mass is 10.2. The first-order chi connectivity index (χ1) is 9.58. The third kappa shape index (κ3) is 3.84. The van der Waals surface area contributed by atoms with E-state index in [0.717, 1.165) is 34.5 Å². The van der Waals surface area contributed by atoms with Gasteiger partial charge in [0.1, 0.15) is 11.6 Å². The highest BCUT2D eigenvalue weighted by Gasteiger charge is 2.04. The Kier molecular flexibility index (Phi) is 4.79. The molecule has 2 rings (SSSR count). The van der Waals surface area contributed by atoms with Gasteiger partial charge in [0.25, 0.3) is 0 Å². The fourth-order valence-corrected chi connectivity index (χ4v) is 2.25. The summed E-state index contributed by atoms with van der Waals surface area (Å²) in [4.78, 5) is 8.36. The molecule has 1 aromatic carbocycles. The average Bonchev–Trinajstić information content (AvgIpc) is 2.39. The molecular weight excluding hydrogens is 318 g/mol. The van der Waals surface area contributed by atoms with Gasteiger partial charge in [0.05, 0.1) is 0 Å². The molecule has 5 nitrogen and oxygen atoms in total. The van der Waals surface area contributed by atoms with Gasteiger partial charge >= 0.3 is 0 Å². The molecule has 4 N–H and O–H groups in total. The number of nitrogens with two attached hydrogens (primary N) is 1. The fourth-order valence-electron chi connectivity index (χ4n) is 1.78. The van der Waals surface area contributed by atoms with Gasteiger partial charge in [-0.25, -0.2) is 0 Å².